The Bertz CT molecular complexity index is 633. The molecule has 3 nitrogen and oxygen atoms in total. The molecular weight excluding hydrogens is 298 g/mol. The normalized spacial score (nSPS) is 17.4. The molecule has 3 heteroatoms. The smallest absolute Gasteiger partial charge is 0.122 e. The molecule has 2 aromatic carbocycles. The van der Waals surface area contributed by atoms with Gasteiger partial charge in [-0.25, -0.2) is 0 Å². The second-order valence-electron chi connectivity index (χ2n) is 6.82. The number of likely N-dealkylation sites (tertiary alicyclic amines) is 1. The molecule has 0 N–H and O–H groups in total. The van der Waals surface area contributed by atoms with Crippen molar-refractivity contribution in [3.63, 3.8) is 0 Å². The highest BCUT2D eigenvalue weighted by Crippen LogP contribution is 2.28. The lowest BCUT2D eigenvalue weighted by Crippen LogP contribution is -2.47. The number of aryl methyl sites for hydroxylation is 1. The molecular formula is C21H27NO2. The Kier molecular flexibility index (Phi) is 5.41. The number of ether oxygens (including phenoxy) is 2. The predicted molar refractivity (Wildman–Crippen MR) is 97.8 cm³/mol. The molecule has 1 saturated heterocycles. The van der Waals surface area contributed by atoms with Crippen molar-refractivity contribution in [3.8, 4) is 11.5 Å². The van der Waals surface area contributed by atoms with Crippen molar-refractivity contribution in [2.45, 2.75) is 32.3 Å². The van der Waals surface area contributed by atoms with Gasteiger partial charge in [-0.15, -0.1) is 0 Å². The third kappa shape index (κ3) is 4.51. The lowest BCUT2D eigenvalue weighted by molar-refractivity contribution is 0.0135. The number of benzene rings is 2. The minimum Gasteiger partial charge on any atom is -0.492 e. The van der Waals surface area contributed by atoms with Crippen LogP contribution < -0.4 is 9.47 Å². The van der Waals surface area contributed by atoms with Gasteiger partial charge in [0.05, 0.1) is 0 Å². The third-order valence-electron chi connectivity index (χ3n) is 4.78. The van der Waals surface area contributed by atoms with Crippen LogP contribution in [0.4, 0.5) is 0 Å². The fourth-order valence-electron chi connectivity index (χ4n) is 3.13. The van der Waals surface area contributed by atoms with E-state index in [-0.39, 0.29) is 5.60 Å². The average Bonchev–Trinajstić information content (AvgIpc) is 2.59. The number of piperidine rings is 1. The molecule has 0 saturated carbocycles. The maximum absolute atomic E-state index is 6.22. The van der Waals surface area contributed by atoms with Gasteiger partial charge in [-0.3, -0.25) is 4.90 Å². The number of nitrogens with zero attached hydrogens (tertiary/aromatic N) is 1. The summed E-state index contributed by atoms with van der Waals surface area (Å²) < 4.78 is 12.1. The van der Waals surface area contributed by atoms with E-state index in [1.54, 1.807) is 0 Å². The predicted octanol–water partition coefficient (Wildman–Crippen LogP) is 4.31. The molecule has 0 spiro atoms. The van der Waals surface area contributed by atoms with Crippen LogP contribution in [0.15, 0.2) is 54.6 Å². The number of hydrogen-bond donors (Lipinski definition) is 0. The Morgan fingerprint density at radius 2 is 1.62 bits per heavy atom. The molecule has 0 aromatic heterocycles. The van der Waals surface area contributed by atoms with E-state index in [4.69, 9.17) is 9.47 Å². The van der Waals surface area contributed by atoms with Crippen molar-refractivity contribution >= 4 is 0 Å². The monoisotopic (exact) mass is 325 g/mol. The zero-order chi connectivity index (χ0) is 16.8. The van der Waals surface area contributed by atoms with Gasteiger partial charge in [-0.05, 0) is 50.5 Å². The molecule has 2 aromatic rings. The van der Waals surface area contributed by atoms with Gasteiger partial charge in [0.2, 0.25) is 0 Å². The van der Waals surface area contributed by atoms with Crippen LogP contribution in [0.5, 0.6) is 11.5 Å². The first-order chi connectivity index (χ1) is 11.6. The Morgan fingerprint density at radius 3 is 2.33 bits per heavy atom. The first-order valence-corrected chi connectivity index (χ1v) is 8.79. The van der Waals surface area contributed by atoms with Crippen LogP contribution in [-0.4, -0.2) is 36.7 Å². The molecule has 24 heavy (non-hydrogen) atoms. The molecule has 0 atom stereocenters. The topological polar surface area (TPSA) is 21.7 Å². The quantitative estimate of drug-likeness (QED) is 0.790. The van der Waals surface area contributed by atoms with Crippen molar-refractivity contribution in [1.82, 2.24) is 4.90 Å². The average molecular weight is 325 g/mol. The second kappa shape index (κ2) is 7.71. The summed E-state index contributed by atoms with van der Waals surface area (Å²) in [5.74, 6) is 1.96. The van der Waals surface area contributed by atoms with Crippen molar-refractivity contribution in [1.29, 1.82) is 0 Å². The second-order valence-corrected chi connectivity index (χ2v) is 6.82. The van der Waals surface area contributed by atoms with Crippen LogP contribution in [0.3, 0.4) is 0 Å². The van der Waals surface area contributed by atoms with E-state index >= 15 is 0 Å². The molecule has 0 amide bonds. The van der Waals surface area contributed by atoms with Gasteiger partial charge < -0.3 is 9.47 Å². The van der Waals surface area contributed by atoms with Gasteiger partial charge in [-0.2, -0.15) is 0 Å². The van der Waals surface area contributed by atoms with E-state index in [0.29, 0.717) is 0 Å². The Labute approximate surface area is 145 Å². The maximum Gasteiger partial charge on any atom is 0.122 e. The highest BCUT2D eigenvalue weighted by molar-refractivity contribution is 5.31. The summed E-state index contributed by atoms with van der Waals surface area (Å²) in [5, 5.41) is 0. The van der Waals surface area contributed by atoms with Crippen LogP contribution in [0.1, 0.15) is 25.3 Å². The lowest BCUT2D eigenvalue weighted by atomic mass is 9.93. The molecule has 1 aliphatic heterocycles. The highest BCUT2D eigenvalue weighted by Gasteiger charge is 2.31. The Balaban J connectivity index is 1.43. The molecule has 3 rings (SSSR count). The van der Waals surface area contributed by atoms with Crippen molar-refractivity contribution < 1.29 is 9.47 Å². The van der Waals surface area contributed by atoms with Crippen molar-refractivity contribution in [2.75, 3.05) is 26.2 Å². The van der Waals surface area contributed by atoms with Gasteiger partial charge in [0.15, 0.2) is 0 Å². The minimum atomic E-state index is -0.0608. The molecule has 0 unspecified atom stereocenters. The van der Waals surface area contributed by atoms with Gasteiger partial charge in [0.25, 0.3) is 0 Å². The van der Waals surface area contributed by atoms with Crippen LogP contribution in [0, 0.1) is 6.92 Å². The van der Waals surface area contributed by atoms with Crippen LogP contribution >= 0.6 is 0 Å². The van der Waals surface area contributed by atoms with Crippen LogP contribution in [0.2, 0.25) is 0 Å². The molecule has 0 radical (unpaired) electrons. The highest BCUT2D eigenvalue weighted by atomic mass is 16.5. The zero-order valence-electron chi connectivity index (χ0n) is 14.7. The fourth-order valence-corrected chi connectivity index (χ4v) is 3.13. The summed E-state index contributed by atoms with van der Waals surface area (Å²) in [5.41, 5.74) is 1.13. The van der Waals surface area contributed by atoms with Crippen LogP contribution in [0.25, 0.3) is 0 Å². The first-order valence-electron chi connectivity index (χ1n) is 8.79. The summed E-state index contributed by atoms with van der Waals surface area (Å²) >= 11 is 0. The molecule has 0 aliphatic carbocycles. The van der Waals surface area contributed by atoms with E-state index in [2.05, 4.69) is 24.8 Å². The van der Waals surface area contributed by atoms with E-state index in [1.807, 2.05) is 48.5 Å². The number of para-hydroxylation sites is 2. The first kappa shape index (κ1) is 16.8. The molecule has 1 aliphatic rings. The molecule has 128 valence electrons. The van der Waals surface area contributed by atoms with Gasteiger partial charge in [-0.1, -0.05) is 36.4 Å². The Morgan fingerprint density at radius 1 is 0.958 bits per heavy atom. The Hall–Kier alpha value is -2.00. The van der Waals surface area contributed by atoms with Crippen molar-refractivity contribution in [2.24, 2.45) is 0 Å². The van der Waals surface area contributed by atoms with Gasteiger partial charge >= 0.3 is 0 Å². The van der Waals surface area contributed by atoms with Gasteiger partial charge in [0, 0.05) is 19.6 Å². The van der Waals surface area contributed by atoms with E-state index in [0.717, 1.165) is 50.6 Å². The van der Waals surface area contributed by atoms with E-state index in [1.165, 1.54) is 5.56 Å². The SMILES string of the molecule is Cc1ccccc1OCCN1CCC(C)(Oc2ccccc2)CC1. The molecule has 1 heterocycles. The maximum atomic E-state index is 6.22. The number of hydrogen-bond acceptors (Lipinski definition) is 3. The molecule has 0 bridgehead atoms. The van der Waals surface area contributed by atoms with Gasteiger partial charge in [0.1, 0.15) is 23.7 Å². The molecule has 1 fully saturated rings. The summed E-state index contributed by atoms with van der Waals surface area (Å²) in [7, 11) is 0. The summed E-state index contributed by atoms with van der Waals surface area (Å²) in [6.07, 6.45) is 2.10. The largest absolute Gasteiger partial charge is 0.492 e. The van der Waals surface area contributed by atoms with E-state index < -0.39 is 0 Å². The zero-order valence-corrected chi connectivity index (χ0v) is 14.7. The fraction of sp³-hybridized carbons (Fsp3) is 0.429. The van der Waals surface area contributed by atoms with Crippen LogP contribution in [-0.2, 0) is 0 Å². The summed E-state index contributed by atoms with van der Waals surface area (Å²) in [6.45, 7) is 8.13. The number of rotatable bonds is 6. The summed E-state index contributed by atoms with van der Waals surface area (Å²) in [6, 6.07) is 18.3. The standard InChI is InChI=1S/C21H27NO2/c1-18-8-6-7-11-20(18)23-17-16-22-14-12-21(2,13-15-22)24-19-9-4-3-5-10-19/h3-11H,12-17H2,1-2H3. The summed E-state index contributed by atoms with van der Waals surface area (Å²) in [4.78, 5) is 2.47. The third-order valence-corrected chi connectivity index (χ3v) is 4.78. The lowest BCUT2D eigenvalue weighted by Gasteiger charge is -2.39. The minimum absolute atomic E-state index is 0.0608. The van der Waals surface area contributed by atoms with Crippen molar-refractivity contribution in [3.05, 3.63) is 60.2 Å². The van der Waals surface area contributed by atoms with E-state index in [9.17, 15) is 0 Å².